The van der Waals surface area contributed by atoms with Crippen LogP contribution >= 0.6 is 0 Å². The minimum Gasteiger partial charge on any atom is -0.302 e. The van der Waals surface area contributed by atoms with E-state index in [2.05, 4.69) is 5.10 Å². The number of H-pyrrole nitrogens is 1. The Morgan fingerprint density at radius 1 is 1.12 bits per heavy atom. The molecule has 0 saturated heterocycles. The molecule has 7 heteroatoms. The monoisotopic (exact) mass is 328 g/mol. The van der Waals surface area contributed by atoms with Gasteiger partial charge in [0.25, 0.3) is 5.56 Å². The zero-order valence-corrected chi connectivity index (χ0v) is 14.0. The fraction of sp³-hybridized carbons (Fsp3) is 0.353. The van der Waals surface area contributed by atoms with Crippen LogP contribution in [0.3, 0.4) is 0 Å². The summed E-state index contributed by atoms with van der Waals surface area (Å²) in [5, 5.41) is 2.70. The summed E-state index contributed by atoms with van der Waals surface area (Å²) in [6, 6.07) is 5.14. The molecular weight excluding hydrogens is 308 g/mol. The maximum Gasteiger partial charge on any atom is 0.329 e. The van der Waals surface area contributed by atoms with Crippen LogP contribution in [0, 0.1) is 0 Å². The summed E-state index contributed by atoms with van der Waals surface area (Å²) in [6.07, 6.45) is 2.23. The quantitative estimate of drug-likeness (QED) is 0.721. The van der Waals surface area contributed by atoms with Crippen LogP contribution in [0.5, 0.6) is 0 Å². The predicted molar refractivity (Wildman–Crippen MR) is 91.6 cm³/mol. The number of rotatable bonds is 5. The minimum atomic E-state index is -0.364. The van der Waals surface area contributed by atoms with Gasteiger partial charge in [0.15, 0.2) is 5.78 Å². The van der Waals surface area contributed by atoms with Crippen LogP contribution in [0.1, 0.15) is 36.2 Å². The summed E-state index contributed by atoms with van der Waals surface area (Å²) in [5.74, 6) is -0.349. The van der Waals surface area contributed by atoms with Crippen LogP contribution in [0.25, 0.3) is 11.0 Å². The molecule has 126 valence electrons. The van der Waals surface area contributed by atoms with Crippen LogP contribution < -0.4 is 11.2 Å². The molecule has 0 fully saturated rings. The van der Waals surface area contributed by atoms with Gasteiger partial charge in [0.2, 0.25) is 0 Å². The number of hydrogen-bond donors (Lipinski definition) is 1. The van der Waals surface area contributed by atoms with E-state index in [-0.39, 0.29) is 22.6 Å². The Bertz CT molecular complexity index is 1030. The molecule has 2 heterocycles. The first-order valence-corrected chi connectivity index (χ1v) is 8.01. The fourth-order valence-electron chi connectivity index (χ4n) is 2.99. The van der Waals surface area contributed by atoms with Crippen LogP contribution in [0.4, 0.5) is 0 Å². The van der Waals surface area contributed by atoms with Crippen molar-refractivity contribution in [2.45, 2.75) is 33.4 Å². The smallest absolute Gasteiger partial charge is 0.302 e. The molecule has 3 rings (SSSR count). The van der Waals surface area contributed by atoms with Crippen LogP contribution in [-0.4, -0.2) is 24.7 Å². The highest BCUT2D eigenvalue weighted by Gasteiger charge is 2.18. The Kier molecular flexibility index (Phi) is 4.01. The number of nitrogens with one attached hydrogen (secondary N) is 1. The number of hydrogen-bond acceptors (Lipinski definition) is 3. The van der Waals surface area contributed by atoms with Gasteiger partial charge in [0, 0.05) is 31.9 Å². The zero-order valence-electron chi connectivity index (χ0n) is 14.0. The molecule has 0 bridgehead atoms. The van der Waals surface area contributed by atoms with E-state index in [9.17, 15) is 14.4 Å². The van der Waals surface area contributed by atoms with E-state index in [1.54, 1.807) is 34.4 Å². The first-order valence-electron chi connectivity index (χ1n) is 8.01. The number of aryl methyl sites for hydroxylation is 3. The highest BCUT2D eigenvalue weighted by atomic mass is 16.2. The molecule has 0 atom stereocenters. The molecule has 3 aromatic rings. The lowest BCUT2D eigenvalue weighted by Crippen LogP contribution is -2.23. The van der Waals surface area contributed by atoms with Crippen molar-refractivity contribution in [1.82, 2.24) is 18.9 Å². The van der Waals surface area contributed by atoms with E-state index < -0.39 is 0 Å². The second-order valence-corrected chi connectivity index (χ2v) is 5.76. The van der Waals surface area contributed by atoms with Crippen LogP contribution in [0.15, 0.2) is 34.0 Å². The first kappa shape index (κ1) is 16.0. The highest BCUT2D eigenvalue weighted by molar-refractivity contribution is 6.10. The van der Waals surface area contributed by atoms with Crippen molar-refractivity contribution in [3.05, 3.63) is 56.4 Å². The lowest BCUT2D eigenvalue weighted by Gasteiger charge is -2.03. The van der Waals surface area contributed by atoms with Crippen LogP contribution in [-0.2, 0) is 20.1 Å². The molecule has 0 aliphatic rings. The van der Waals surface area contributed by atoms with Crippen molar-refractivity contribution in [1.29, 1.82) is 0 Å². The summed E-state index contributed by atoms with van der Waals surface area (Å²) in [4.78, 5) is 37.1. The average molecular weight is 328 g/mol. The van der Waals surface area contributed by atoms with E-state index >= 15 is 0 Å². The topological polar surface area (TPSA) is 81.8 Å². The lowest BCUT2D eigenvalue weighted by molar-refractivity contribution is 0.103. The number of benzene rings is 1. The maximum absolute atomic E-state index is 12.6. The lowest BCUT2D eigenvalue weighted by atomic mass is 10.1. The molecule has 0 radical (unpaired) electrons. The first-order chi connectivity index (χ1) is 11.5. The molecule has 0 unspecified atom stereocenters. The number of fused-ring (bicyclic) bond motifs is 1. The Morgan fingerprint density at radius 2 is 1.88 bits per heavy atom. The predicted octanol–water partition coefficient (Wildman–Crippen LogP) is 1.49. The summed E-state index contributed by atoms with van der Waals surface area (Å²) >= 11 is 0. The third-order valence-corrected chi connectivity index (χ3v) is 4.23. The minimum absolute atomic E-state index is 0.0727. The Morgan fingerprint density at radius 3 is 2.46 bits per heavy atom. The third-order valence-electron chi connectivity index (χ3n) is 4.23. The molecule has 2 aromatic heterocycles. The van der Waals surface area contributed by atoms with Gasteiger partial charge in [0.05, 0.1) is 11.0 Å². The van der Waals surface area contributed by atoms with Crippen molar-refractivity contribution in [2.24, 2.45) is 7.05 Å². The molecule has 0 saturated carbocycles. The summed E-state index contributed by atoms with van der Waals surface area (Å²) in [6.45, 7) is 5.07. The number of carbonyl (C=O) groups is 1. The molecule has 0 aliphatic heterocycles. The van der Waals surface area contributed by atoms with E-state index in [0.717, 1.165) is 17.5 Å². The van der Waals surface area contributed by atoms with Gasteiger partial charge in [-0.25, -0.2) is 4.79 Å². The van der Waals surface area contributed by atoms with Crippen molar-refractivity contribution < 1.29 is 4.79 Å². The van der Waals surface area contributed by atoms with Gasteiger partial charge in [-0.3, -0.25) is 23.4 Å². The average Bonchev–Trinajstić information content (AvgIpc) is 3.05. The molecule has 1 aromatic carbocycles. The summed E-state index contributed by atoms with van der Waals surface area (Å²) in [7, 11) is 1.56. The number of aromatic amines is 1. The van der Waals surface area contributed by atoms with Gasteiger partial charge in [-0.2, -0.15) is 0 Å². The van der Waals surface area contributed by atoms with Gasteiger partial charge >= 0.3 is 5.69 Å². The van der Waals surface area contributed by atoms with E-state index in [1.807, 2.05) is 13.8 Å². The van der Waals surface area contributed by atoms with Crippen molar-refractivity contribution in [3.63, 3.8) is 0 Å². The molecule has 0 amide bonds. The summed E-state index contributed by atoms with van der Waals surface area (Å²) < 4.78 is 4.63. The van der Waals surface area contributed by atoms with E-state index in [1.165, 1.54) is 10.9 Å². The van der Waals surface area contributed by atoms with Gasteiger partial charge in [-0.15, -0.1) is 0 Å². The SMILES string of the molecule is CCCn1c(=O)n(CC)c2ccc(C(=O)c3c[nH]n(C)c3=O)cc21. The van der Waals surface area contributed by atoms with Gasteiger partial charge in [-0.1, -0.05) is 6.92 Å². The maximum atomic E-state index is 12.6. The Balaban J connectivity index is 2.19. The molecule has 1 N–H and O–H groups in total. The Hall–Kier alpha value is -2.83. The fourth-order valence-corrected chi connectivity index (χ4v) is 2.99. The largest absolute Gasteiger partial charge is 0.329 e. The molecule has 0 aliphatic carbocycles. The molecule has 0 spiro atoms. The Labute approximate surface area is 138 Å². The second kappa shape index (κ2) is 5.99. The van der Waals surface area contributed by atoms with Gasteiger partial charge < -0.3 is 5.10 Å². The van der Waals surface area contributed by atoms with Gasteiger partial charge in [-0.05, 0) is 31.5 Å². The number of nitrogens with zero attached hydrogens (tertiary/aromatic N) is 3. The number of carbonyl (C=O) groups excluding carboxylic acids is 1. The molecule has 7 nitrogen and oxygen atoms in total. The number of aromatic nitrogens is 4. The molecule has 24 heavy (non-hydrogen) atoms. The second-order valence-electron chi connectivity index (χ2n) is 5.76. The van der Waals surface area contributed by atoms with E-state index in [0.29, 0.717) is 18.7 Å². The number of ketones is 1. The van der Waals surface area contributed by atoms with Crippen LogP contribution in [0.2, 0.25) is 0 Å². The standard InChI is InChI=1S/C17H20N4O3/c1-4-8-21-14-9-11(6-7-13(14)20(5-2)17(21)24)15(22)12-10-18-19(3)16(12)23/h6-7,9-10,18H,4-5,8H2,1-3H3. The third kappa shape index (κ3) is 2.33. The van der Waals surface area contributed by atoms with Crippen molar-refractivity contribution >= 4 is 16.8 Å². The summed E-state index contributed by atoms with van der Waals surface area (Å²) in [5.41, 5.74) is 1.58. The zero-order chi connectivity index (χ0) is 17.4. The highest BCUT2D eigenvalue weighted by Crippen LogP contribution is 2.18. The molecular formula is C17H20N4O3. The van der Waals surface area contributed by atoms with Crippen molar-refractivity contribution in [2.75, 3.05) is 0 Å². The van der Waals surface area contributed by atoms with Crippen molar-refractivity contribution in [3.8, 4) is 0 Å². The van der Waals surface area contributed by atoms with E-state index in [4.69, 9.17) is 0 Å². The normalized spacial score (nSPS) is 11.3. The number of imidazole rings is 1. The van der Waals surface area contributed by atoms with Gasteiger partial charge in [0.1, 0.15) is 5.56 Å².